The number of rotatable bonds is 3. The first-order valence-corrected chi connectivity index (χ1v) is 7.35. The summed E-state index contributed by atoms with van der Waals surface area (Å²) in [4.78, 5) is 5.08. The van der Waals surface area contributed by atoms with Crippen molar-refractivity contribution >= 4 is 0 Å². The van der Waals surface area contributed by atoms with Crippen LogP contribution >= 0.6 is 0 Å². The van der Waals surface area contributed by atoms with Gasteiger partial charge in [0.05, 0.1) is 0 Å². The van der Waals surface area contributed by atoms with Crippen molar-refractivity contribution in [3.05, 3.63) is 0 Å². The van der Waals surface area contributed by atoms with Crippen molar-refractivity contribution in [2.24, 2.45) is 5.92 Å². The average molecular weight is 239 g/mol. The molecule has 1 unspecified atom stereocenters. The second kappa shape index (κ2) is 6.72. The first-order chi connectivity index (χ1) is 8.25. The van der Waals surface area contributed by atoms with Crippen LogP contribution in [0.1, 0.15) is 32.1 Å². The molecule has 0 aromatic carbocycles. The van der Waals surface area contributed by atoms with Crippen LogP contribution in [0.4, 0.5) is 0 Å². The predicted molar refractivity (Wildman–Crippen MR) is 73.4 cm³/mol. The van der Waals surface area contributed by atoms with E-state index in [-0.39, 0.29) is 0 Å². The van der Waals surface area contributed by atoms with E-state index in [1.165, 1.54) is 64.8 Å². The number of nitrogens with one attached hydrogen (secondary N) is 1. The standard InChI is InChI=1S/C14H29N3/c1-16(2)12-13-6-9-17(10-7-13)14-5-3-4-8-15-11-14/h13-15H,3-12H2,1-2H3. The lowest BCUT2D eigenvalue weighted by Crippen LogP contribution is -2.46. The number of piperidine rings is 1. The van der Waals surface area contributed by atoms with Gasteiger partial charge in [0.2, 0.25) is 0 Å². The van der Waals surface area contributed by atoms with Crippen LogP contribution in [-0.2, 0) is 0 Å². The third kappa shape index (κ3) is 4.23. The molecule has 0 radical (unpaired) electrons. The number of likely N-dealkylation sites (tertiary alicyclic amines) is 1. The van der Waals surface area contributed by atoms with Gasteiger partial charge >= 0.3 is 0 Å². The number of hydrogen-bond donors (Lipinski definition) is 1. The van der Waals surface area contributed by atoms with Gasteiger partial charge in [-0.05, 0) is 65.3 Å². The van der Waals surface area contributed by atoms with Crippen molar-refractivity contribution in [2.75, 3.05) is 46.8 Å². The van der Waals surface area contributed by atoms with Gasteiger partial charge in [-0.3, -0.25) is 4.90 Å². The molecule has 0 spiro atoms. The summed E-state index contributed by atoms with van der Waals surface area (Å²) in [6, 6.07) is 0.817. The highest BCUT2D eigenvalue weighted by Crippen LogP contribution is 2.21. The lowest BCUT2D eigenvalue weighted by Gasteiger charge is -2.38. The molecule has 0 bridgehead atoms. The maximum Gasteiger partial charge on any atom is 0.0220 e. The molecule has 17 heavy (non-hydrogen) atoms. The van der Waals surface area contributed by atoms with E-state index in [2.05, 4.69) is 29.2 Å². The third-order valence-electron chi connectivity index (χ3n) is 4.31. The van der Waals surface area contributed by atoms with Crippen molar-refractivity contribution in [3.63, 3.8) is 0 Å². The highest BCUT2D eigenvalue weighted by Gasteiger charge is 2.25. The SMILES string of the molecule is CN(C)CC1CCN(C2CCCCNC2)CC1. The Morgan fingerprint density at radius 2 is 1.88 bits per heavy atom. The van der Waals surface area contributed by atoms with Gasteiger partial charge < -0.3 is 10.2 Å². The van der Waals surface area contributed by atoms with E-state index in [4.69, 9.17) is 0 Å². The summed E-state index contributed by atoms with van der Waals surface area (Å²) in [6.45, 7) is 6.37. The summed E-state index contributed by atoms with van der Waals surface area (Å²) in [6.07, 6.45) is 6.98. The Bertz CT molecular complexity index is 202. The van der Waals surface area contributed by atoms with E-state index in [0.717, 1.165) is 12.0 Å². The van der Waals surface area contributed by atoms with Crippen LogP contribution in [0, 0.1) is 5.92 Å². The van der Waals surface area contributed by atoms with Crippen LogP contribution < -0.4 is 5.32 Å². The second-order valence-electron chi connectivity index (χ2n) is 6.10. The Morgan fingerprint density at radius 1 is 1.12 bits per heavy atom. The van der Waals surface area contributed by atoms with E-state index in [1.54, 1.807) is 0 Å². The zero-order valence-corrected chi connectivity index (χ0v) is 11.6. The molecular weight excluding hydrogens is 210 g/mol. The summed E-state index contributed by atoms with van der Waals surface area (Å²) in [5.41, 5.74) is 0. The van der Waals surface area contributed by atoms with E-state index >= 15 is 0 Å². The largest absolute Gasteiger partial charge is 0.315 e. The Hall–Kier alpha value is -0.120. The lowest BCUT2D eigenvalue weighted by atomic mass is 9.94. The molecule has 0 aromatic rings. The summed E-state index contributed by atoms with van der Waals surface area (Å²) in [5.74, 6) is 0.931. The predicted octanol–water partition coefficient (Wildman–Crippen LogP) is 1.40. The van der Waals surface area contributed by atoms with Crippen molar-refractivity contribution < 1.29 is 0 Å². The Morgan fingerprint density at radius 3 is 2.59 bits per heavy atom. The highest BCUT2D eigenvalue weighted by molar-refractivity contribution is 4.82. The molecule has 2 saturated heterocycles. The zero-order chi connectivity index (χ0) is 12.1. The van der Waals surface area contributed by atoms with E-state index < -0.39 is 0 Å². The van der Waals surface area contributed by atoms with E-state index in [1.807, 2.05) is 0 Å². The Kier molecular flexibility index (Phi) is 5.26. The van der Waals surface area contributed by atoms with E-state index in [0.29, 0.717) is 0 Å². The molecule has 0 aliphatic carbocycles. The topological polar surface area (TPSA) is 18.5 Å². The molecular formula is C14H29N3. The normalized spacial score (nSPS) is 29.5. The average Bonchev–Trinajstić information content (AvgIpc) is 2.58. The van der Waals surface area contributed by atoms with Gasteiger partial charge in [0.15, 0.2) is 0 Å². The van der Waals surface area contributed by atoms with Crippen LogP contribution in [0.3, 0.4) is 0 Å². The molecule has 100 valence electrons. The molecule has 2 aliphatic rings. The summed E-state index contributed by atoms with van der Waals surface area (Å²) >= 11 is 0. The molecule has 0 aromatic heterocycles. The molecule has 2 rings (SSSR count). The minimum absolute atomic E-state index is 0.817. The summed E-state index contributed by atoms with van der Waals surface area (Å²) in [7, 11) is 4.39. The molecule has 0 amide bonds. The van der Waals surface area contributed by atoms with Gasteiger partial charge in [-0.25, -0.2) is 0 Å². The van der Waals surface area contributed by atoms with Crippen molar-refractivity contribution in [3.8, 4) is 0 Å². The highest BCUT2D eigenvalue weighted by atomic mass is 15.2. The van der Waals surface area contributed by atoms with Gasteiger partial charge in [-0.2, -0.15) is 0 Å². The van der Waals surface area contributed by atoms with Gasteiger partial charge in [-0.1, -0.05) is 6.42 Å². The molecule has 2 fully saturated rings. The fraction of sp³-hybridized carbons (Fsp3) is 1.00. The fourth-order valence-electron chi connectivity index (χ4n) is 3.33. The molecule has 3 nitrogen and oxygen atoms in total. The van der Waals surface area contributed by atoms with E-state index in [9.17, 15) is 0 Å². The second-order valence-corrected chi connectivity index (χ2v) is 6.10. The molecule has 1 N–H and O–H groups in total. The molecule has 2 heterocycles. The minimum Gasteiger partial charge on any atom is -0.315 e. The van der Waals surface area contributed by atoms with Gasteiger partial charge in [-0.15, -0.1) is 0 Å². The quantitative estimate of drug-likeness (QED) is 0.803. The van der Waals surface area contributed by atoms with Crippen LogP contribution in [0.15, 0.2) is 0 Å². The van der Waals surface area contributed by atoms with Crippen molar-refractivity contribution in [2.45, 2.75) is 38.1 Å². The first-order valence-electron chi connectivity index (χ1n) is 7.35. The maximum absolute atomic E-state index is 3.59. The Labute approximate surface area is 107 Å². The maximum atomic E-state index is 3.59. The first kappa shape index (κ1) is 13.3. The smallest absolute Gasteiger partial charge is 0.0220 e. The van der Waals surface area contributed by atoms with Gasteiger partial charge in [0.25, 0.3) is 0 Å². The number of nitrogens with zero attached hydrogens (tertiary/aromatic N) is 2. The van der Waals surface area contributed by atoms with Crippen molar-refractivity contribution in [1.82, 2.24) is 15.1 Å². The fourth-order valence-corrected chi connectivity index (χ4v) is 3.33. The zero-order valence-electron chi connectivity index (χ0n) is 11.6. The molecule has 0 saturated carbocycles. The summed E-state index contributed by atoms with van der Waals surface area (Å²) < 4.78 is 0. The van der Waals surface area contributed by atoms with Crippen LogP contribution in [0.25, 0.3) is 0 Å². The van der Waals surface area contributed by atoms with Gasteiger partial charge in [0, 0.05) is 19.1 Å². The van der Waals surface area contributed by atoms with Crippen LogP contribution in [-0.4, -0.2) is 62.7 Å². The lowest BCUT2D eigenvalue weighted by molar-refractivity contribution is 0.116. The monoisotopic (exact) mass is 239 g/mol. The number of hydrogen-bond acceptors (Lipinski definition) is 3. The summed E-state index contributed by atoms with van der Waals surface area (Å²) in [5, 5.41) is 3.59. The van der Waals surface area contributed by atoms with Crippen LogP contribution in [0.5, 0.6) is 0 Å². The minimum atomic E-state index is 0.817. The third-order valence-corrected chi connectivity index (χ3v) is 4.31. The Balaban J connectivity index is 1.73. The molecule has 2 aliphatic heterocycles. The van der Waals surface area contributed by atoms with Gasteiger partial charge in [0.1, 0.15) is 0 Å². The van der Waals surface area contributed by atoms with Crippen molar-refractivity contribution in [1.29, 1.82) is 0 Å². The molecule has 3 heteroatoms. The molecule has 1 atom stereocenters. The van der Waals surface area contributed by atoms with Crippen LogP contribution in [0.2, 0.25) is 0 Å².